The van der Waals surface area contributed by atoms with Crippen molar-refractivity contribution in [3.8, 4) is 5.75 Å². The molecule has 0 aliphatic rings. The molecule has 4 nitrogen and oxygen atoms in total. The van der Waals surface area contributed by atoms with E-state index in [2.05, 4.69) is 4.98 Å². The molecule has 0 bridgehead atoms. The molecular weight excluding hydrogens is 321 g/mol. The molecule has 108 valence electrons. The van der Waals surface area contributed by atoms with E-state index in [1.807, 2.05) is 13.8 Å². The van der Waals surface area contributed by atoms with Crippen molar-refractivity contribution in [1.82, 2.24) is 4.98 Å². The minimum absolute atomic E-state index is 0.00478. The molecule has 0 saturated carbocycles. The molecule has 1 unspecified atom stereocenters. The van der Waals surface area contributed by atoms with Gasteiger partial charge in [0.15, 0.2) is 0 Å². The van der Waals surface area contributed by atoms with Gasteiger partial charge in [0.1, 0.15) is 16.4 Å². The van der Waals surface area contributed by atoms with E-state index >= 15 is 0 Å². The van der Waals surface area contributed by atoms with Crippen molar-refractivity contribution in [3.05, 3.63) is 29.4 Å². The lowest BCUT2D eigenvalue weighted by Crippen LogP contribution is -2.10. The summed E-state index contributed by atoms with van der Waals surface area (Å²) in [5, 5.41) is 0.654. The van der Waals surface area contributed by atoms with Crippen molar-refractivity contribution in [2.24, 2.45) is 0 Å². The SMILES string of the molecule is CCC(C)Oc1ccc(S(=O)(=O)Cl)c2ccc(Cl)nc12. The molecule has 0 aliphatic heterocycles. The van der Waals surface area contributed by atoms with Crippen molar-refractivity contribution >= 4 is 42.2 Å². The smallest absolute Gasteiger partial charge is 0.261 e. The maximum Gasteiger partial charge on any atom is 0.261 e. The lowest BCUT2D eigenvalue weighted by molar-refractivity contribution is 0.220. The molecular formula is C13H13Cl2NO3S. The van der Waals surface area contributed by atoms with Crippen molar-refractivity contribution in [2.45, 2.75) is 31.3 Å². The fraction of sp³-hybridized carbons (Fsp3) is 0.308. The van der Waals surface area contributed by atoms with Crippen molar-refractivity contribution in [1.29, 1.82) is 0 Å². The summed E-state index contributed by atoms with van der Waals surface area (Å²) < 4.78 is 28.9. The molecule has 0 amide bonds. The molecule has 0 aliphatic carbocycles. The lowest BCUT2D eigenvalue weighted by Gasteiger charge is -2.15. The van der Waals surface area contributed by atoms with Crippen LogP contribution in [-0.4, -0.2) is 19.5 Å². The Morgan fingerprint density at radius 3 is 2.60 bits per heavy atom. The van der Waals surface area contributed by atoms with Crippen LogP contribution < -0.4 is 4.74 Å². The topological polar surface area (TPSA) is 56.3 Å². The molecule has 0 saturated heterocycles. The van der Waals surface area contributed by atoms with Gasteiger partial charge in [-0.2, -0.15) is 0 Å². The number of hydrogen-bond donors (Lipinski definition) is 0. The number of aromatic nitrogens is 1. The van der Waals surface area contributed by atoms with Crippen molar-refractivity contribution < 1.29 is 13.2 Å². The van der Waals surface area contributed by atoms with Gasteiger partial charge in [-0.15, -0.1) is 0 Å². The Balaban J connectivity index is 2.71. The van der Waals surface area contributed by atoms with Crippen LogP contribution in [0.3, 0.4) is 0 Å². The zero-order valence-corrected chi connectivity index (χ0v) is 13.3. The monoisotopic (exact) mass is 333 g/mol. The van der Waals surface area contributed by atoms with Crippen LogP contribution in [0.2, 0.25) is 5.15 Å². The highest BCUT2D eigenvalue weighted by atomic mass is 35.7. The summed E-state index contributed by atoms with van der Waals surface area (Å²) in [6.07, 6.45) is 0.801. The number of nitrogens with zero attached hydrogens (tertiary/aromatic N) is 1. The molecule has 0 radical (unpaired) electrons. The third kappa shape index (κ3) is 3.16. The van der Waals surface area contributed by atoms with Crippen LogP contribution in [0.15, 0.2) is 29.2 Å². The van der Waals surface area contributed by atoms with Gasteiger partial charge >= 0.3 is 0 Å². The van der Waals surface area contributed by atoms with Crippen LogP contribution in [0.1, 0.15) is 20.3 Å². The minimum Gasteiger partial charge on any atom is -0.488 e. The Hall–Kier alpha value is -1.04. The highest BCUT2D eigenvalue weighted by Gasteiger charge is 2.18. The summed E-state index contributed by atoms with van der Waals surface area (Å²) in [4.78, 5) is 4.15. The number of benzene rings is 1. The maximum atomic E-state index is 11.6. The van der Waals surface area contributed by atoms with E-state index in [1.54, 1.807) is 12.1 Å². The van der Waals surface area contributed by atoms with E-state index in [4.69, 9.17) is 27.0 Å². The van der Waals surface area contributed by atoms with Gasteiger partial charge in [0.2, 0.25) is 0 Å². The van der Waals surface area contributed by atoms with Crippen LogP contribution >= 0.6 is 22.3 Å². The van der Waals surface area contributed by atoms with E-state index in [1.165, 1.54) is 12.1 Å². The van der Waals surface area contributed by atoms with Crippen LogP contribution in [0.5, 0.6) is 5.75 Å². The van der Waals surface area contributed by atoms with Crippen LogP contribution in [0, 0.1) is 0 Å². The van der Waals surface area contributed by atoms with Crippen LogP contribution in [0.4, 0.5) is 0 Å². The van der Waals surface area contributed by atoms with E-state index in [-0.39, 0.29) is 16.2 Å². The first kappa shape index (κ1) is 15.4. The summed E-state index contributed by atoms with van der Waals surface area (Å²) in [5.41, 5.74) is 0.388. The van der Waals surface area contributed by atoms with Gasteiger partial charge in [-0.1, -0.05) is 18.5 Å². The number of halogens is 2. The standard InChI is InChI=1S/C13H13Cl2NO3S/c1-3-8(2)19-10-5-6-11(20(15,17)18)9-4-7-12(14)16-13(9)10/h4-8H,3H2,1-2H3. The van der Waals surface area contributed by atoms with Crippen LogP contribution in [-0.2, 0) is 9.05 Å². The second kappa shape index (κ2) is 5.76. The first-order valence-corrected chi connectivity index (χ1v) is 8.72. The largest absolute Gasteiger partial charge is 0.488 e. The quantitative estimate of drug-likeness (QED) is 0.627. The Morgan fingerprint density at radius 1 is 1.30 bits per heavy atom. The average molecular weight is 334 g/mol. The molecule has 0 N–H and O–H groups in total. The third-order valence-electron chi connectivity index (χ3n) is 2.91. The molecule has 1 atom stereocenters. The van der Waals surface area contributed by atoms with Gasteiger partial charge in [0.05, 0.1) is 11.0 Å². The Morgan fingerprint density at radius 2 is 2.00 bits per heavy atom. The molecule has 1 aromatic carbocycles. The first-order chi connectivity index (χ1) is 9.32. The van der Waals surface area contributed by atoms with Gasteiger partial charge in [-0.05, 0) is 37.6 Å². The predicted molar refractivity (Wildman–Crippen MR) is 80.2 cm³/mol. The number of pyridine rings is 1. The van der Waals surface area contributed by atoms with Crippen molar-refractivity contribution in [3.63, 3.8) is 0 Å². The Labute approximate surface area is 127 Å². The lowest BCUT2D eigenvalue weighted by atomic mass is 10.2. The zero-order chi connectivity index (χ0) is 14.9. The molecule has 0 fully saturated rings. The second-order valence-corrected chi connectivity index (χ2v) is 7.29. The van der Waals surface area contributed by atoms with Crippen LogP contribution in [0.25, 0.3) is 10.9 Å². The van der Waals surface area contributed by atoms with E-state index in [9.17, 15) is 8.42 Å². The molecule has 1 aromatic heterocycles. The second-order valence-electron chi connectivity index (χ2n) is 4.37. The molecule has 7 heteroatoms. The molecule has 2 aromatic rings. The summed E-state index contributed by atoms with van der Waals surface area (Å²) >= 11 is 5.88. The zero-order valence-electron chi connectivity index (χ0n) is 10.9. The number of hydrogen-bond acceptors (Lipinski definition) is 4. The predicted octanol–water partition coefficient (Wildman–Crippen LogP) is 3.99. The Kier molecular flexibility index (Phi) is 4.42. The number of rotatable bonds is 4. The highest BCUT2D eigenvalue weighted by molar-refractivity contribution is 8.14. The van der Waals surface area contributed by atoms with Gasteiger partial charge < -0.3 is 4.74 Å². The summed E-state index contributed by atoms with van der Waals surface area (Å²) in [7, 11) is 1.57. The molecule has 0 spiro atoms. The average Bonchev–Trinajstić information content (AvgIpc) is 2.37. The molecule has 20 heavy (non-hydrogen) atoms. The Bertz CT molecular complexity index is 747. The van der Waals surface area contributed by atoms with Gasteiger partial charge in [0.25, 0.3) is 9.05 Å². The van der Waals surface area contributed by atoms with E-state index in [0.29, 0.717) is 16.7 Å². The third-order valence-corrected chi connectivity index (χ3v) is 4.50. The highest BCUT2D eigenvalue weighted by Crippen LogP contribution is 2.33. The molecule has 1 heterocycles. The summed E-state index contributed by atoms with van der Waals surface area (Å²) in [6.45, 7) is 3.91. The maximum absolute atomic E-state index is 11.6. The summed E-state index contributed by atoms with van der Waals surface area (Å²) in [6, 6.07) is 6.05. The van der Waals surface area contributed by atoms with Gasteiger partial charge in [-0.3, -0.25) is 0 Å². The minimum atomic E-state index is -3.86. The van der Waals surface area contributed by atoms with E-state index < -0.39 is 9.05 Å². The van der Waals surface area contributed by atoms with Gasteiger partial charge in [0, 0.05) is 16.1 Å². The fourth-order valence-electron chi connectivity index (χ4n) is 1.75. The number of ether oxygens (including phenoxy) is 1. The van der Waals surface area contributed by atoms with Crippen molar-refractivity contribution in [2.75, 3.05) is 0 Å². The first-order valence-electron chi connectivity index (χ1n) is 6.03. The normalized spacial score (nSPS) is 13.4. The van der Waals surface area contributed by atoms with Gasteiger partial charge in [-0.25, -0.2) is 13.4 Å². The summed E-state index contributed by atoms with van der Waals surface area (Å²) in [5.74, 6) is 0.487. The molecule has 2 rings (SSSR count). The fourth-order valence-corrected chi connectivity index (χ4v) is 2.96. The number of fused-ring (bicyclic) bond motifs is 1. The van der Waals surface area contributed by atoms with E-state index in [0.717, 1.165) is 6.42 Å².